The Kier molecular flexibility index (Phi) is 7.60. The minimum absolute atomic E-state index is 0.262. The summed E-state index contributed by atoms with van der Waals surface area (Å²) in [7, 11) is 0. The van der Waals surface area contributed by atoms with E-state index in [0.717, 1.165) is 0 Å². The van der Waals surface area contributed by atoms with Gasteiger partial charge in [-0.15, -0.1) is 0 Å². The van der Waals surface area contributed by atoms with Crippen LogP contribution in [0.3, 0.4) is 0 Å². The van der Waals surface area contributed by atoms with E-state index < -0.39 is 11.8 Å². The highest BCUT2D eigenvalue weighted by atomic mass is 35.5. The quantitative estimate of drug-likeness (QED) is 0.608. The van der Waals surface area contributed by atoms with Gasteiger partial charge in [-0.05, 0) is 25.1 Å². The maximum atomic E-state index is 10.2. The summed E-state index contributed by atoms with van der Waals surface area (Å²) in [6.45, 7) is 3.09. The van der Waals surface area contributed by atoms with Gasteiger partial charge in [-0.1, -0.05) is 29.3 Å². The van der Waals surface area contributed by atoms with E-state index in [9.17, 15) is 9.59 Å². The number of carbonyl (C=O) groups excluding carboxylic acids is 2. The third-order valence-electron chi connectivity index (χ3n) is 1.35. The normalized spacial score (nSPS) is 8.75. The van der Waals surface area contributed by atoms with Crippen molar-refractivity contribution >= 4 is 35.0 Å². The van der Waals surface area contributed by atoms with Crippen molar-refractivity contribution in [1.82, 2.24) is 0 Å². The van der Waals surface area contributed by atoms with Crippen LogP contribution in [0.2, 0.25) is 10.0 Å². The van der Waals surface area contributed by atoms with E-state index in [1.54, 1.807) is 25.1 Å². The molecular weight excluding hydrogens is 251 g/mol. The minimum atomic E-state index is -0.757. The number of ketones is 1. The van der Waals surface area contributed by atoms with Crippen molar-refractivity contribution in [2.24, 2.45) is 0 Å². The first-order chi connectivity index (χ1) is 7.47. The van der Waals surface area contributed by atoms with Crippen LogP contribution in [0.5, 0.6) is 0 Å². The van der Waals surface area contributed by atoms with Crippen molar-refractivity contribution in [3.63, 3.8) is 0 Å². The summed E-state index contributed by atoms with van der Waals surface area (Å²) in [6, 6.07) is 7.08. The van der Waals surface area contributed by atoms with E-state index in [4.69, 9.17) is 23.2 Å². The van der Waals surface area contributed by atoms with Crippen LogP contribution in [0.1, 0.15) is 13.8 Å². The first-order valence-corrected chi connectivity index (χ1v) is 5.31. The van der Waals surface area contributed by atoms with Crippen LogP contribution in [0.4, 0.5) is 0 Å². The van der Waals surface area contributed by atoms with E-state index in [1.807, 2.05) is 6.07 Å². The average Bonchev–Trinajstić information content (AvgIpc) is 2.18. The second-order valence-electron chi connectivity index (χ2n) is 2.72. The molecule has 3 nitrogen and oxygen atoms in total. The third-order valence-corrected chi connectivity index (χ3v) is 1.82. The Morgan fingerprint density at radius 3 is 1.94 bits per heavy atom. The number of esters is 1. The lowest BCUT2D eigenvalue weighted by Crippen LogP contribution is -2.12. The number of rotatable bonds is 2. The van der Waals surface area contributed by atoms with Gasteiger partial charge in [0, 0.05) is 17.0 Å². The zero-order valence-corrected chi connectivity index (χ0v) is 10.5. The van der Waals surface area contributed by atoms with Gasteiger partial charge >= 0.3 is 5.97 Å². The lowest BCUT2D eigenvalue weighted by atomic mass is 10.4. The van der Waals surface area contributed by atoms with Gasteiger partial charge in [0.25, 0.3) is 0 Å². The summed E-state index contributed by atoms with van der Waals surface area (Å²) in [5.41, 5.74) is 0. The van der Waals surface area contributed by atoms with Gasteiger partial charge < -0.3 is 4.74 Å². The molecule has 0 amide bonds. The lowest BCUT2D eigenvalue weighted by Gasteiger charge is -1.93. The molecule has 1 aromatic carbocycles. The van der Waals surface area contributed by atoms with Crippen molar-refractivity contribution in [2.45, 2.75) is 13.8 Å². The lowest BCUT2D eigenvalue weighted by molar-refractivity contribution is -0.152. The Bertz CT molecular complexity index is 347. The summed E-state index contributed by atoms with van der Waals surface area (Å²) in [5.74, 6) is -1.31. The molecule has 0 saturated carbocycles. The molecular formula is C11H12Cl2O3. The molecule has 1 aromatic rings. The molecule has 16 heavy (non-hydrogen) atoms. The molecule has 0 aliphatic rings. The number of hydrogen-bond acceptors (Lipinski definition) is 3. The van der Waals surface area contributed by atoms with Gasteiger partial charge in [0.15, 0.2) is 0 Å². The van der Waals surface area contributed by atoms with Gasteiger partial charge in [0.05, 0.1) is 6.61 Å². The SMILES string of the molecule is CCOC(=O)C(C)=O.Clc1cccc(Cl)c1. The Morgan fingerprint density at radius 1 is 1.25 bits per heavy atom. The highest BCUT2D eigenvalue weighted by Crippen LogP contribution is 2.13. The molecule has 0 atom stereocenters. The van der Waals surface area contributed by atoms with E-state index in [-0.39, 0.29) is 6.61 Å². The Labute approximate surface area is 104 Å². The molecule has 5 heteroatoms. The van der Waals surface area contributed by atoms with Crippen LogP contribution < -0.4 is 0 Å². The molecule has 1 rings (SSSR count). The second kappa shape index (κ2) is 8.13. The predicted octanol–water partition coefficient (Wildman–Crippen LogP) is 3.13. The zero-order chi connectivity index (χ0) is 12.6. The summed E-state index contributed by atoms with van der Waals surface area (Å²) in [5, 5.41) is 1.36. The maximum absolute atomic E-state index is 10.2. The van der Waals surface area contributed by atoms with E-state index in [2.05, 4.69) is 4.74 Å². The molecule has 0 radical (unpaired) electrons. The average molecular weight is 263 g/mol. The van der Waals surface area contributed by atoms with Crippen LogP contribution in [0.15, 0.2) is 24.3 Å². The Morgan fingerprint density at radius 2 is 1.75 bits per heavy atom. The van der Waals surface area contributed by atoms with Gasteiger partial charge in [0.2, 0.25) is 5.78 Å². The van der Waals surface area contributed by atoms with Gasteiger partial charge in [-0.2, -0.15) is 0 Å². The predicted molar refractivity (Wildman–Crippen MR) is 63.8 cm³/mol. The van der Waals surface area contributed by atoms with E-state index in [1.165, 1.54) is 6.92 Å². The van der Waals surface area contributed by atoms with E-state index in [0.29, 0.717) is 10.0 Å². The number of hydrogen-bond donors (Lipinski definition) is 0. The maximum Gasteiger partial charge on any atom is 0.374 e. The first kappa shape index (κ1) is 14.9. The van der Waals surface area contributed by atoms with Crippen molar-refractivity contribution < 1.29 is 14.3 Å². The highest BCUT2D eigenvalue weighted by molar-refractivity contribution is 6.34. The number of carbonyl (C=O) groups is 2. The highest BCUT2D eigenvalue weighted by Gasteiger charge is 2.05. The molecule has 88 valence electrons. The minimum Gasteiger partial charge on any atom is -0.460 e. The molecule has 0 unspecified atom stereocenters. The molecule has 0 fully saturated rings. The smallest absolute Gasteiger partial charge is 0.374 e. The van der Waals surface area contributed by atoms with Gasteiger partial charge in [-0.3, -0.25) is 4.79 Å². The summed E-state index contributed by atoms with van der Waals surface area (Å²) < 4.78 is 4.31. The van der Waals surface area contributed by atoms with Crippen molar-refractivity contribution in [1.29, 1.82) is 0 Å². The Balaban J connectivity index is 0.000000281. The number of ether oxygens (including phenoxy) is 1. The van der Waals surface area contributed by atoms with Crippen LogP contribution in [-0.4, -0.2) is 18.4 Å². The van der Waals surface area contributed by atoms with Crippen molar-refractivity contribution in [3.8, 4) is 0 Å². The van der Waals surface area contributed by atoms with Crippen molar-refractivity contribution in [3.05, 3.63) is 34.3 Å². The zero-order valence-electron chi connectivity index (χ0n) is 9.00. The molecule has 0 spiro atoms. The molecule has 0 aliphatic carbocycles. The monoisotopic (exact) mass is 262 g/mol. The van der Waals surface area contributed by atoms with Crippen molar-refractivity contribution in [2.75, 3.05) is 6.61 Å². The standard InChI is InChI=1S/C6H4Cl2.C5H8O3/c7-5-2-1-3-6(8)4-5;1-3-8-5(7)4(2)6/h1-4H;3H2,1-2H3. The summed E-state index contributed by atoms with van der Waals surface area (Å²) >= 11 is 11.1. The van der Waals surface area contributed by atoms with Crippen LogP contribution in [-0.2, 0) is 14.3 Å². The molecule has 0 N–H and O–H groups in total. The number of benzene rings is 1. The molecule has 0 aromatic heterocycles. The van der Waals surface area contributed by atoms with Gasteiger partial charge in [0.1, 0.15) is 0 Å². The summed E-state index contributed by atoms with van der Waals surface area (Å²) in [4.78, 5) is 20.2. The molecule has 0 heterocycles. The van der Waals surface area contributed by atoms with Crippen LogP contribution in [0, 0.1) is 0 Å². The van der Waals surface area contributed by atoms with Crippen LogP contribution >= 0.6 is 23.2 Å². The second-order valence-corrected chi connectivity index (χ2v) is 3.59. The fourth-order valence-corrected chi connectivity index (χ4v) is 1.13. The number of halogens is 2. The topological polar surface area (TPSA) is 43.4 Å². The van der Waals surface area contributed by atoms with Gasteiger partial charge in [-0.25, -0.2) is 4.79 Å². The fraction of sp³-hybridized carbons (Fsp3) is 0.273. The third kappa shape index (κ3) is 7.26. The number of Topliss-reactive ketones (excluding diaryl/α,β-unsaturated/α-hetero) is 1. The molecule has 0 aliphatic heterocycles. The molecule has 0 bridgehead atoms. The van der Waals surface area contributed by atoms with E-state index >= 15 is 0 Å². The first-order valence-electron chi connectivity index (χ1n) is 4.56. The summed E-state index contributed by atoms with van der Waals surface area (Å²) in [6.07, 6.45) is 0. The fourth-order valence-electron chi connectivity index (χ4n) is 0.693. The molecule has 0 saturated heterocycles. The van der Waals surface area contributed by atoms with Crippen LogP contribution in [0.25, 0.3) is 0 Å². The largest absolute Gasteiger partial charge is 0.460 e. The Hall–Kier alpha value is -1.06.